The third-order valence-corrected chi connectivity index (χ3v) is 4.26. The molecule has 0 fully saturated rings. The van der Waals surface area contributed by atoms with Crippen LogP contribution in [0.25, 0.3) is 0 Å². The fourth-order valence-electron chi connectivity index (χ4n) is 2.79. The van der Waals surface area contributed by atoms with Gasteiger partial charge in [-0.1, -0.05) is 17.7 Å². The lowest BCUT2D eigenvalue weighted by atomic mass is 9.96. The molecule has 2 aromatic rings. The predicted molar refractivity (Wildman–Crippen MR) is 102 cm³/mol. The molecule has 1 aliphatic heterocycles. The molecule has 26 heavy (non-hydrogen) atoms. The number of hydrogen-bond acceptors (Lipinski definition) is 3. The first-order valence-electron chi connectivity index (χ1n) is 8.42. The van der Waals surface area contributed by atoms with Crippen molar-refractivity contribution >= 4 is 34.9 Å². The van der Waals surface area contributed by atoms with Gasteiger partial charge in [-0.05, 0) is 55.3 Å². The Bertz CT molecular complexity index is 825. The fourth-order valence-corrected chi connectivity index (χ4v) is 2.98. The van der Waals surface area contributed by atoms with Gasteiger partial charge in [0.05, 0.1) is 5.92 Å². The lowest BCUT2D eigenvalue weighted by molar-refractivity contribution is -0.121. The lowest BCUT2D eigenvalue weighted by Gasteiger charge is -2.24. The van der Waals surface area contributed by atoms with Crippen LogP contribution >= 0.6 is 11.6 Å². The van der Waals surface area contributed by atoms with E-state index in [1.54, 1.807) is 30.3 Å². The maximum Gasteiger partial charge on any atom is 0.319 e. The van der Waals surface area contributed by atoms with E-state index < -0.39 is 0 Å². The summed E-state index contributed by atoms with van der Waals surface area (Å²) in [4.78, 5) is 24.2. The smallest absolute Gasteiger partial charge is 0.319 e. The summed E-state index contributed by atoms with van der Waals surface area (Å²) in [5.74, 6) is 0.332. The largest absolute Gasteiger partial charge is 0.492 e. The van der Waals surface area contributed by atoms with Crippen LogP contribution in [0.5, 0.6) is 5.75 Å². The van der Waals surface area contributed by atoms with Crippen molar-refractivity contribution < 1.29 is 14.3 Å². The number of urea groups is 1. The van der Waals surface area contributed by atoms with Gasteiger partial charge in [0.25, 0.3) is 0 Å². The Morgan fingerprint density at radius 1 is 1.15 bits per heavy atom. The van der Waals surface area contributed by atoms with Crippen molar-refractivity contribution in [1.29, 1.82) is 0 Å². The average molecular weight is 374 g/mol. The molecule has 0 aromatic heterocycles. The molecule has 3 N–H and O–H groups in total. The number of fused-ring (bicyclic) bond motifs is 1. The van der Waals surface area contributed by atoms with Crippen molar-refractivity contribution in [1.82, 2.24) is 5.32 Å². The van der Waals surface area contributed by atoms with Crippen molar-refractivity contribution in [2.24, 2.45) is 5.92 Å². The summed E-state index contributed by atoms with van der Waals surface area (Å²) >= 11 is 6.02. The minimum Gasteiger partial charge on any atom is -0.492 e. The maximum atomic E-state index is 12.6. The van der Waals surface area contributed by atoms with Gasteiger partial charge in [-0.25, -0.2) is 4.79 Å². The highest BCUT2D eigenvalue weighted by atomic mass is 35.5. The molecule has 136 valence electrons. The van der Waals surface area contributed by atoms with Gasteiger partial charge in [-0.3, -0.25) is 4.79 Å². The quantitative estimate of drug-likeness (QED) is 0.765. The van der Waals surface area contributed by atoms with Crippen molar-refractivity contribution in [2.45, 2.75) is 13.3 Å². The molecule has 3 amide bonds. The van der Waals surface area contributed by atoms with Crippen LogP contribution in [0, 0.1) is 5.92 Å². The number of hydrogen-bond donors (Lipinski definition) is 3. The number of carbonyl (C=O) groups is 2. The van der Waals surface area contributed by atoms with Crippen molar-refractivity contribution in [3.05, 3.63) is 53.1 Å². The second kappa shape index (κ2) is 8.10. The molecule has 0 saturated carbocycles. The number of carbonyl (C=O) groups excluding carboxylic acids is 2. The van der Waals surface area contributed by atoms with Gasteiger partial charge in [-0.15, -0.1) is 0 Å². The highest BCUT2D eigenvalue weighted by Crippen LogP contribution is 2.30. The zero-order valence-electron chi connectivity index (χ0n) is 14.3. The summed E-state index contributed by atoms with van der Waals surface area (Å²) in [6.45, 7) is 2.69. The highest BCUT2D eigenvalue weighted by Gasteiger charge is 2.26. The number of nitrogens with one attached hydrogen (secondary N) is 3. The SMILES string of the molecule is CCNC(=O)Nc1cccc(NC(=O)C2COc3ccc(Cl)cc3C2)c1. The molecular formula is C19H20ClN3O3. The van der Waals surface area contributed by atoms with E-state index in [0.29, 0.717) is 36.0 Å². The third kappa shape index (κ3) is 4.46. The molecule has 0 bridgehead atoms. The first-order chi connectivity index (χ1) is 12.5. The van der Waals surface area contributed by atoms with E-state index in [4.69, 9.17) is 16.3 Å². The van der Waals surface area contributed by atoms with E-state index in [-0.39, 0.29) is 17.9 Å². The fraction of sp³-hybridized carbons (Fsp3) is 0.263. The molecule has 7 heteroatoms. The summed E-state index contributed by atoms with van der Waals surface area (Å²) in [6.07, 6.45) is 0.568. The van der Waals surface area contributed by atoms with Gasteiger partial charge in [0.15, 0.2) is 0 Å². The number of halogens is 1. The van der Waals surface area contributed by atoms with Crippen LogP contribution in [0.3, 0.4) is 0 Å². The standard InChI is InChI=1S/C19H20ClN3O3/c1-2-21-19(25)23-16-5-3-4-15(10-16)22-18(24)13-8-12-9-14(20)6-7-17(12)26-11-13/h3-7,9-10,13H,2,8,11H2,1H3,(H,22,24)(H2,21,23,25). The number of amides is 3. The summed E-state index contributed by atoms with van der Waals surface area (Å²) in [5, 5.41) is 8.87. The highest BCUT2D eigenvalue weighted by molar-refractivity contribution is 6.30. The van der Waals surface area contributed by atoms with E-state index in [1.165, 1.54) is 0 Å². The van der Waals surface area contributed by atoms with Gasteiger partial charge in [0.1, 0.15) is 12.4 Å². The number of benzene rings is 2. The van der Waals surface area contributed by atoms with E-state index >= 15 is 0 Å². The van der Waals surface area contributed by atoms with Crippen LogP contribution in [0.15, 0.2) is 42.5 Å². The number of anilines is 2. The molecule has 1 unspecified atom stereocenters. The molecule has 0 aliphatic carbocycles. The van der Waals surface area contributed by atoms with Crippen LogP contribution in [0.4, 0.5) is 16.2 Å². The minimum absolute atomic E-state index is 0.134. The normalized spacial score (nSPS) is 15.4. The molecule has 1 aliphatic rings. The van der Waals surface area contributed by atoms with Crippen molar-refractivity contribution in [2.75, 3.05) is 23.8 Å². The Balaban J connectivity index is 1.64. The maximum absolute atomic E-state index is 12.6. The molecule has 0 radical (unpaired) electrons. The zero-order valence-corrected chi connectivity index (χ0v) is 15.1. The Hall–Kier alpha value is -2.73. The Morgan fingerprint density at radius 2 is 1.92 bits per heavy atom. The first-order valence-corrected chi connectivity index (χ1v) is 8.80. The van der Waals surface area contributed by atoms with Crippen molar-refractivity contribution in [3.8, 4) is 5.75 Å². The van der Waals surface area contributed by atoms with E-state index in [1.807, 2.05) is 19.1 Å². The summed E-state index contributed by atoms with van der Waals surface area (Å²) in [5.41, 5.74) is 2.14. The molecule has 3 rings (SSSR count). The molecule has 0 saturated heterocycles. The second-order valence-electron chi connectivity index (χ2n) is 6.02. The molecule has 1 atom stereocenters. The molecule has 6 nitrogen and oxygen atoms in total. The molecule has 0 spiro atoms. The summed E-state index contributed by atoms with van der Waals surface area (Å²) in [6, 6.07) is 12.1. The van der Waals surface area contributed by atoms with Gasteiger partial charge >= 0.3 is 6.03 Å². The minimum atomic E-state index is -0.305. The Morgan fingerprint density at radius 3 is 2.69 bits per heavy atom. The molecule has 1 heterocycles. The van der Waals surface area contributed by atoms with Crippen molar-refractivity contribution in [3.63, 3.8) is 0 Å². The number of rotatable bonds is 4. The van der Waals surface area contributed by atoms with Gasteiger partial charge in [0.2, 0.25) is 5.91 Å². The monoisotopic (exact) mass is 373 g/mol. The van der Waals surface area contributed by atoms with E-state index in [9.17, 15) is 9.59 Å². The molecular weight excluding hydrogens is 354 g/mol. The van der Waals surface area contributed by atoms with Gasteiger partial charge < -0.3 is 20.7 Å². The Labute approximate surface area is 156 Å². The Kier molecular flexibility index (Phi) is 5.63. The van der Waals surface area contributed by atoms with Crippen LogP contribution in [0.2, 0.25) is 5.02 Å². The van der Waals surface area contributed by atoms with Gasteiger partial charge in [0, 0.05) is 22.9 Å². The lowest BCUT2D eigenvalue weighted by Crippen LogP contribution is -2.32. The van der Waals surface area contributed by atoms with E-state index in [2.05, 4.69) is 16.0 Å². The van der Waals surface area contributed by atoms with Crippen LogP contribution in [-0.2, 0) is 11.2 Å². The van der Waals surface area contributed by atoms with Crippen LogP contribution in [-0.4, -0.2) is 25.1 Å². The second-order valence-corrected chi connectivity index (χ2v) is 6.46. The van der Waals surface area contributed by atoms with E-state index in [0.717, 1.165) is 11.3 Å². The number of ether oxygens (including phenoxy) is 1. The topological polar surface area (TPSA) is 79.5 Å². The average Bonchev–Trinajstić information content (AvgIpc) is 2.61. The predicted octanol–water partition coefficient (Wildman–Crippen LogP) is 3.67. The van der Waals surface area contributed by atoms with Crippen LogP contribution in [0.1, 0.15) is 12.5 Å². The molecule has 2 aromatic carbocycles. The van der Waals surface area contributed by atoms with Gasteiger partial charge in [-0.2, -0.15) is 0 Å². The third-order valence-electron chi connectivity index (χ3n) is 4.02. The summed E-state index contributed by atoms with van der Waals surface area (Å²) < 4.78 is 5.67. The van der Waals surface area contributed by atoms with Crippen LogP contribution < -0.4 is 20.7 Å². The zero-order chi connectivity index (χ0) is 18.5. The summed E-state index contributed by atoms with van der Waals surface area (Å²) in [7, 11) is 0. The first kappa shape index (κ1) is 18.1.